The fraction of sp³-hybridized carbons (Fsp3) is 0.235. The second-order valence-electron chi connectivity index (χ2n) is 4.85. The molecule has 0 amide bonds. The Bertz CT molecular complexity index is 810. The zero-order valence-electron chi connectivity index (χ0n) is 13.7. The molecule has 1 aromatic carbocycles. The molecule has 0 atom stereocenters. The number of rotatable bonds is 5. The lowest BCUT2D eigenvalue weighted by molar-refractivity contribution is -0.135. The number of hydrogen-bond acceptors (Lipinski definition) is 7. The van der Waals surface area contributed by atoms with E-state index in [2.05, 4.69) is 26.6 Å². The van der Waals surface area contributed by atoms with Gasteiger partial charge in [-0.2, -0.15) is 10.4 Å². The number of anilines is 1. The van der Waals surface area contributed by atoms with Gasteiger partial charge in [-0.05, 0) is 20.8 Å². The van der Waals surface area contributed by atoms with Gasteiger partial charge in [-0.3, -0.25) is 5.43 Å². The Balaban J connectivity index is 2.41. The summed E-state index contributed by atoms with van der Waals surface area (Å²) in [6, 6.07) is 11.4. The molecule has 0 aliphatic rings. The van der Waals surface area contributed by atoms with Crippen LogP contribution in [0.3, 0.4) is 0 Å². The Labute approximate surface area is 140 Å². The average molecular weight is 323 g/mol. The quantitative estimate of drug-likeness (QED) is 0.516. The number of ether oxygens (including phenoxy) is 1. The molecular weight excluding hydrogens is 306 g/mol. The number of aromatic nitrogens is 2. The van der Waals surface area contributed by atoms with E-state index in [1.165, 1.54) is 6.92 Å². The molecule has 0 radical (unpaired) electrons. The molecule has 0 bridgehead atoms. The molecule has 1 heterocycles. The molecule has 2 rings (SSSR count). The van der Waals surface area contributed by atoms with Crippen LogP contribution in [0.4, 0.5) is 5.82 Å². The first-order chi connectivity index (χ1) is 11.6. The van der Waals surface area contributed by atoms with Gasteiger partial charge < -0.3 is 4.74 Å². The third kappa shape index (κ3) is 3.93. The summed E-state index contributed by atoms with van der Waals surface area (Å²) in [7, 11) is 0. The van der Waals surface area contributed by atoms with Gasteiger partial charge in [0.1, 0.15) is 23.2 Å². The van der Waals surface area contributed by atoms with Crippen molar-refractivity contribution in [2.24, 2.45) is 5.10 Å². The predicted molar refractivity (Wildman–Crippen MR) is 90.3 cm³/mol. The van der Waals surface area contributed by atoms with E-state index in [1.807, 2.05) is 30.3 Å². The van der Waals surface area contributed by atoms with E-state index in [0.717, 1.165) is 5.56 Å². The Kier molecular flexibility index (Phi) is 5.58. The topological polar surface area (TPSA) is 100 Å². The van der Waals surface area contributed by atoms with Crippen LogP contribution < -0.4 is 5.43 Å². The van der Waals surface area contributed by atoms with Gasteiger partial charge in [0, 0.05) is 5.56 Å². The lowest BCUT2D eigenvalue weighted by Crippen LogP contribution is -2.16. The molecule has 7 nitrogen and oxygen atoms in total. The van der Waals surface area contributed by atoms with Crippen LogP contribution in [-0.4, -0.2) is 28.3 Å². The summed E-state index contributed by atoms with van der Waals surface area (Å²) in [6.45, 7) is 5.22. The van der Waals surface area contributed by atoms with Crippen molar-refractivity contribution in [3.63, 3.8) is 0 Å². The van der Waals surface area contributed by atoms with Gasteiger partial charge in [-0.25, -0.2) is 14.8 Å². The third-order valence-corrected chi connectivity index (χ3v) is 3.08. The Morgan fingerprint density at radius 2 is 2.04 bits per heavy atom. The molecule has 1 aromatic heterocycles. The highest BCUT2D eigenvalue weighted by molar-refractivity contribution is 6.35. The van der Waals surface area contributed by atoms with Gasteiger partial charge in [0.05, 0.1) is 12.3 Å². The zero-order valence-corrected chi connectivity index (χ0v) is 13.7. The SMILES string of the molecule is CCOC(=O)C(C)=NNc1nc(C)nc(-c2ccccc2)c1C#N. The van der Waals surface area contributed by atoms with Crippen molar-refractivity contribution in [2.75, 3.05) is 12.0 Å². The molecule has 7 heteroatoms. The minimum atomic E-state index is -0.530. The van der Waals surface area contributed by atoms with Crippen LogP contribution in [0, 0.1) is 18.3 Å². The maximum atomic E-state index is 11.6. The molecule has 0 saturated carbocycles. The summed E-state index contributed by atoms with van der Waals surface area (Å²) in [4.78, 5) is 20.1. The van der Waals surface area contributed by atoms with Crippen molar-refractivity contribution < 1.29 is 9.53 Å². The van der Waals surface area contributed by atoms with E-state index in [4.69, 9.17) is 4.74 Å². The monoisotopic (exact) mass is 323 g/mol. The van der Waals surface area contributed by atoms with Crippen molar-refractivity contribution in [3.05, 3.63) is 41.7 Å². The molecule has 0 spiro atoms. The number of hydrogen-bond donors (Lipinski definition) is 1. The van der Waals surface area contributed by atoms with Gasteiger partial charge in [-0.1, -0.05) is 30.3 Å². The summed E-state index contributed by atoms with van der Waals surface area (Å²) < 4.78 is 4.86. The summed E-state index contributed by atoms with van der Waals surface area (Å²) >= 11 is 0. The van der Waals surface area contributed by atoms with Crippen molar-refractivity contribution in [1.82, 2.24) is 9.97 Å². The smallest absolute Gasteiger partial charge is 0.354 e. The lowest BCUT2D eigenvalue weighted by atomic mass is 10.1. The third-order valence-electron chi connectivity index (χ3n) is 3.08. The van der Waals surface area contributed by atoms with Crippen molar-refractivity contribution in [3.8, 4) is 17.3 Å². The zero-order chi connectivity index (χ0) is 17.5. The standard InChI is InChI=1S/C17H17N5O2/c1-4-24-17(23)11(2)21-22-16-14(10-18)15(19-12(3)20-16)13-8-6-5-7-9-13/h5-9H,4H2,1-3H3,(H,19,20,22). The first kappa shape index (κ1) is 17.1. The number of nitrogens with zero attached hydrogens (tertiary/aromatic N) is 4. The van der Waals surface area contributed by atoms with Crippen LogP contribution in [-0.2, 0) is 9.53 Å². The largest absolute Gasteiger partial charge is 0.461 e. The number of carbonyl (C=O) groups is 1. The number of nitrogens with one attached hydrogen (secondary N) is 1. The van der Waals surface area contributed by atoms with Crippen LogP contribution in [0.5, 0.6) is 0 Å². The molecule has 122 valence electrons. The van der Waals surface area contributed by atoms with Crippen LogP contribution in [0.15, 0.2) is 35.4 Å². The highest BCUT2D eigenvalue weighted by Gasteiger charge is 2.15. The highest BCUT2D eigenvalue weighted by atomic mass is 16.5. The molecule has 2 aromatic rings. The van der Waals surface area contributed by atoms with Crippen molar-refractivity contribution in [1.29, 1.82) is 5.26 Å². The van der Waals surface area contributed by atoms with Crippen LogP contribution >= 0.6 is 0 Å². The fourth-order valence-corrected chi connectivity index (χ4v) is 1.98. The maximum absolute atomic E-state index is 11.6. The predicted octanol–water partition coefficient (Wildman–Crippen LogP) is 2.67. The summed E-state index contributed by atoms with van der Waals surface area (Å²) in [6.07, 6.45) is 0. The number of carbonyl (C=O) groups excluding carboxylic acids is 1. The van der Waals surface area contributed by atoms with E-state index >= 15 is 0 Å². The van der Waals surface area contributed by atoms with Crippen molar-refractivity contribution in [2.45, 2.75) is 20.8 Å². The molecular formula is C17H17N5O2. The van der Waals surface area contributed by atoms with Crippen LogP contribution in [0.1, 0.15) is 25.2 Å². The first-order valence-electron chi connectivity index (χ1n) is 7.38. The number of benzene rings is 1. The van der Waals surface area contributed by atoms with Gasteiger partial charge in [-0.15, -0.1) is 0 Å². The molecule has 1 N–H and O–H groups in total. The molecule has 0 fully saturated rings. The normalized spacial score (nSPS) is 10.8. The Hall–Kier alpha value is -3.27. The summed E-state index contributed by atoms with van der Waals surface area (Å²) in [5, 5.41) is 13.4. The number of aryl methyl sites for hydroxylation is 1. The average Bonchev–Trinajstić information content (AvgIpc) is 2.60. The summed E-state index contributed by atoms with van der Waals surface area (Å²) in [5.41, 5.74) is 4.37. The Morgan fingerprint density at radius 3 is 2.67 bits per heavy atom. The molecule has 0 aliphatic carbocycles. The first-order valence-corrected chi connectivity index (χ1v) is 7.38. The van der Waals surface area contributed by atoms with E-state index in [1.54, 1.807) is 13.8 Å². The number of nitriles is 1. The van der Waals surface area contributed by atoms with Gasteiger partial charge in [0.2, 0.25) is 0 Å². The maximum Gasteiger partial charge on any atom is 0.354 e. The van der Waals surface area contributed by atoms with Crippen molar-refractivity contribution >= 4 is 17.5 Å². The van der Waals surface area contributed by atoms with Crippen LogP contribution in [0.2, 0.25) is 0 Å². The van der Waals surface area contributed by atoms with E-state index < -0.39 is 5.97 Å². The minimum absolute atomic E-state index is 0.137. The fourth-order valence-electron chi connectivity index (χ4n) is 1.98. The van der Waals surface area contributed by atoms with E-state index in [-0.39, 0.29) is 23.7 Å². The molecule has 24 heavy (non-hydrogen) atoms. The van der Waals surface area contributed by atoms with Gasteiger partial charge in [0.15, 0.2) is 5.82 Å². The van der Waals surface area contributed by atoms with Gasteiger partial charge >= 0.3 is 5.97 Å². The summed E-state index contributed by atoms with van der Waals surface area (Å²) in [5.74, 6) is 0.199. The molecule has 0 saturated heterocycles. The Morgan fingerprint density at radius 1 is 1.33 bits per heavy atom. The number of hydrazone groups is 1. The highest BCUT2D eigenvalue weighted by Crippen LogP contribution is 2.25. The molecule has 0 unspecified atom stereocenters. The minimum Gasteiger partial charge on any atom is -0.461 e. The van der Waals surface area contributed by atoms with Crippen LogP contribution in [0.25, 0.3) is 11.3 Å². The second kappa shape index (κ2) is 7.83. The second-order valence-corrected chi connectivity index (χ2v) is 4.85. The lowest BCUT2D eigenvalue weighted by Gasteiger charge is -2.09. The molecule has 0 aliphatic heterocycles. The number of esters is 1. The van der Waals surface area contributed by atoms with Gasteiger partial charge in [0.25, 0.3) is 0 Å². The van der Waals surface area contributed by atoms with E-state index in [9.17, 15) is 10.1 Å². The van der Waals surface area contributed by atoms with E-state index in [0.29, 0.717) is 11.5 Å².